The number of sulfonamides is 1. The van der Waals surface area contributed by atoms with Crippen molar-refractivity contribution in [3.8, 4) is 23.1 Å². The third kappa shape index (κ3) is 6.09. The van der Waals surface area contributed by atoms with E-state index in [1.807, 2.05) is 0 Å². The second-order valence-corrected chi connectivity index (χ2v) is 11.6. The molecule has 0 radical (unpaired) electrons. The molecule has 1 aromatic heterocycles. The van der Waals surface area contributed by atoms with E-state index in [4.69, 9.17) is 18.9 Å². The van der Waals surface area contributed by atoms with Crippen LogP contribution in [0.4, 0.5) is 5.69 Å². The fourth-order valence-corrected chi connectivity index (χ4v) is 6.28. The molecule has 14 nitrogen and oxygen atoms in total. The highest BCUT2D eigenvalue weighted by Crippen LogP contribution is 2.37. The van der Waals surface area contributed by atoms with Crippen LogP contribution in [0.5, 0.6) is 17.4 Å². The van der Waals surface area contributed by atoms with Crippen molar-refractivity contribution in [2.45, 2.75) is 30.8 Å². The summed E-state index contributed by atoms with van der Waals surface area (Å²) in [4.78, 5) is 23.7. The monoisotopic (exact) mass is 601 g/mol. The van der Waals surface area contributed by atoms with Gasteiger partial charge in [0.25, 0.3) is 11.6 Å². The first-order valence-electron chi connectivity index (χ1n) is 13.4. The third-order valence-corrected chi connectivity index (χ3v) is 8.97. The fourth-order valence-electron chi connectivity index (χ4n) is 4.74. The van der Waals surface area contributed by atoms with E-state index in [9.17, 15) is 23.3 Å². The Hall–Kier alpha value is -4.05. The summed E-state index contributed by atoms with van der Waals surface area (Å²) in [6, 6.07) is 10.2. The summed E-state index contributed by atoms with van der Waals surface area (Å²) >= 11 is 0. The van der Waals surface area contributed by atoms with E-state index in [1.54, 1.807) is 31.2 Å². The number of nitro groups is 1. The molecule has 1 N–H and O–H groups in total. The van der Waals surface area contributed by atoms with Gasteiger partial charge in [0, 0.05) is 43.9 Å². The summed E-state index contributed by atoms with van der Waals surface area (Å²) in [5.74, 6) is 0.0461. The molecule has 2 aromatic carbocycles. The van der Waals surface area contributed by atoms with Gasteiger partial charge in [-0.25, -0.2) is 8.42 Å². The second-order valence-electron chi connectivity index (χ2n) is 9.74. The van der Waals surface area contributed by atoms with E-state index in [0.29, 0.717) is 30.2 Å². The molecule has 42 heavy (non-hydrogen) atoms. The number of nitro benzene ring substituents is 1. The Bertz CT molecular complexity index is 1560. The van der Waals surface area contributed by atoms with Crippen LogP contribution >= 0.6 is 0 Å². The quantitative estimate of drug-likeness (QED) is 0.270. The molecule has 0 bridgehead atoms. The summed E-state index contributed by atoms with van der Waals surface area (Å²) in [5, 5.41) is 18.9. The van der Waals surface area contributed by atoms with E-state index in [1.165, 1.54) is 22.2 Å². The Kier molecular flexibility index (Phi) is 8.72. The normalized spacial score (nSPS) is 17.6. The predicted octanol–water partition coefficient (Wildman–Crippen LogP) is 2.82. The maximum atomic E-state index is 13.7. The van der Waals surface area contributed by atoms with Gasteiger partial charge in [-0.3, -0.25) is 14.9 Å². The number of non-ortho nitro benzene ring substituents is 1. The van der Waals surface area contributed by atoms with Gasteiger partial charge < -0.3 is 24.3 Å². The molecule has 2 saturated heterocycles. The van der Waals surface area contributed by atoms with E-state index < -0.39 is 26.5 Å². The topological polar surface area (TPSA) is 164 Å². The average molecular weight is 602 g/mol. The van der Waals surface area contributed by atoms with Crippen molar-refractivity contribution in [2.24, 2.45) is 0 Å². The van der Waals surface area contributed by atoms with Crippen LogP contribution in [-0.4, -0.2) is 86.0 Å². The summed E-state index contributed by atoms with van der Waals surface area (Å²) in [7, 11) is -2.68. The van der Waals surface area contributed by atoms with Crippen LogP contribution in [0.15, 0.2) is 47.4 Å². The average Bonchev–Trinajstić information content (AvgIpc) is 3.64. The first kappa shape index (κ1) is 29.4. The standard InChI is InChI=1S/C27H31N5O9S/c1-18-25(26(33)28-17-22-4-3-13-40-22)29-31(19-5-8-21(38-2)9-6-19)27(18)41-23-10-7-20(32(34)35)16-24(23)42(36,37)30-11-14-39-15-12-30/h5-10,16,22H,3-4,11-15,17H2,1-2H3,(H,28,33)/t22-/m1/s1. The molecule has 0 aliphatic carbocycles. The van der Waals surface area contributed by atoms with Crippen molar-refractivity contribution in [1.29, 1.82) is 0 Å². The lowest BCUT2D eigenvalue weighted by Crippen LogP contribution is -2.40. The van der Waals surface area contributed by atoms with Gasteiger partial charge in [-0.2, -0.15) is 14.1 Å². The number of carbonyl (C=O) groups excluding carboxylic acids is 1. The minimum Gasteiger partial charge on any atom is -0.497 e. The molecule has 3 aromatic rings. The SMILES string of the molecule is COc1ccc(-n2nc(C(=O)NC[C@H]3CCCO3)c(C)c2Oc2ccc([N+](=O)[O-])cc2S(=O)(=O)N2CCOCC2)cc1. The molecule has 3 heterocycles. The van der Waals surface area contributed by atoms with E-state index >= 15 is 0 Å². The first-order chi connectivity index (χ1) is 20.2. The van der Waals surface area contributed by atoms with Gasteiger partial charge in [-0.05, 0) is 50.1 Å². The molecule has 5 rings (SSSR count). The molecule has 2 aliphatic rings. The molecule has 1 atom stereocenters. The van der Waals surface area contributed by atoms with Crippen LogP contribution in [0.3, 0.4) is 0 Å². The van der Waals surface area contributed by atoms with E-state index in [0.717, 1.165) is 25.0 Å². The van der Waals surface area contributed by atoms with Crippen LogP contribution in [0, 0.1) is 17.0 Å². The minimum absolute atomic E-state index is 0.0645. The number of carbonyl (C=O) groups is 1. The van der Waals surface area contributed by atoms with Crippen LogP contribution in [0.2, 0.25) is 0 Å². The molecule has 1 amide bonds. The van der Waals surface area contributed by atoms with Gasteiger partial charge >= 0.3 is 0 Å². The Morgan fingerprint density at radius 2 is 1.90 bits per heavy atom. The number of benzene rings is 2. The van der Waals surface area contributed by atoms with Gasteiger partial charge in [-0.1, -0.05) is 0 Å². The molecular weight excluding hydrogens is 570 g/mol. The lowest BCUT2D eigenvalue weighted by atomic mass is 10.2. The third-order valence-electron chi connectivity index (χ3n) is 7.05. The highest BCUT2D eigenvalue weighted by molar-refractivity contribution is 7.89. The minimum atomic E-state index is -4.21. The van der Waals surface area contributed by atoms with Crippen LogP contribution in [0.1, 0.15) is 28.9 Å². The number of ether oxygens (including phenoxy) is 4. The van der Waals surface area contributed by atoms with Gasteiger partial charge in [0.1, 0.15) is 16.4 Å². The lowest BCUT2D eigenvalue weighted by molar-refractivity contribution is -0.385. The summed E-state index contributed by atoms with van der Waals surface area (Å²) in [6.07, 6.45) is 1.69. The molecule has 2 fully saturated rings. The van der Waals surface area contributed by atoms with Crippen LogP contribution in [-0.2, 0) is 19.5 Å². The zero-order valence-corrected chi connectivity index (χ0v) is 24.0. The van der Waals surface area contributed by atoms with Crippen molar-refractivity contribution in [3.63, 3.8) is 0 Å². The maximum absolute atomic E-state index is 13.7. The smallest absolute Gasteiger partial charge is 0.272 e. The zero-order chi connectivity index (χ0) is 29.9. The molecule has 0 saturated carbocycles. The molecule has 224 valence electrons. The van der Waals surface area contributed by atoms with Gasteiger partial charge in [0.2, 0.25) is 15.9 Å². The van der Waals surface area contributed by atoms with Crippen LogP contribution in [0.25, 0.3) is 5.69 Å². The van der Waals surface area contributed by atoms with Gasteiger partial charge in [-0.15, -0.1) is 0 Å². The van der Waals surface area contributed by atoms with E-state index in [2.05, 4.69) is 10.4 Å². The Morgan fingerprint density at radius 1 is 1.17 bits per heavy atom. The number of morpholine rings is 1. The highest BCUT2D eigenvalue weighted by Gasteiger charge is 2.33. The molecule has 0 spiro atoms. The number of aromatic nitrogens is 2. The van der Waals surface area contributed by atoms with Gasteiger partial charge in [0.15, 0.2) is 5.69 Å². The molecular formula is C27H31N5O9S. The Labute approximate surface area is 242 Å². The zero-order valence-electron chi connectivity index (χ0n) is 23.1. The maximum Gasteiger partial charge on any atom is 0.272 e. The molecule has 15 heteroatoms. The van der Waals surface area contributed by atoms with Crippen molar-refractivity contribution >= 4 is 21.6 Å². The fraction of sp³-hybridized carbons (Fsp3) is 0.407. The van der Waals surface area contributed by atoms with Crippen molar-refractivity contribution < 1.29 is 37.1 Å². The number of nitrogens with one attached hydrogen (secondary N) is 1. The molecule has 0 unspecified atom stereocenters. The van der Waals surface area contributed by atoms with Gasteiger partial charge in [0.05, 0.1) is 37.0 Å². The second kappa shape index (κ2) is 12.4. The highest BCUT2D eigenvalue weighted by atomic mass is 32.2. The Morgan fingerprint density at radius 3 is 2.55 bits per heavy atom. The summed E-state index contributed by atoms with van der Waals surface area (Å²) in [6.45, 7) is 3.15. The summed E-state index contributed by atoms with van der Waals surface area (Å²) < 4.78 is 52.2. The number of hydrogen-bond acceptors (Lipinski definition) is 10. The number of methoxy groups -OCH3 is 1. The predicted molar refractivity (Wildman–Crippen MR) is 149 cm³/mol. The number of hydrogen-bond donors (Lipinski definition) is 1. The van der Waals surface area contributed by atoms with Crippen molar-refractivity contribution in [3.05, 3.63) is 63.8 Å². The van der Waals surface area contributed by atoms with E-state index in [-0.39, 0.29) is 54.6 Å². The van der Waals surface area contributed by atoms with Crippen LogP contribution < -0.4 is 14.8 Å². The largest absolute Gasteiger partial charge is 0.497 e. The number of nitrogens with zero attached hydrogens (tertiary/aromatic N) is 4. The van der Waals surface area contributed by atoms with Crippen molar-refractivity contribution in [1.82, 2.24) is 19.4 Å². The Balaban J connectivity index is 1.57. The summed E-state index contributed by atoms with van der Waals surface area (Å²) in [5.41, 5.74) is 0.498. The molecule has 2 aliphatic heterocycles. The first-order valence-corrected chi connectivity index (χ1v) is 14.8. The number of rotatable bonds is 10. The van der Waals surface area contributed by atoms with Crippen molar-refractivity contribution in [2.75, 3.05) is 46.6 Å². The lowest BCUT2D eigenvalue weighted by Gasteiger charge is -2.26. The number of amides is 1.